The van der Waals surface area contributed by atoms with Crippen LogP contribution in [0.15, 0.2) is 35.3 Å². The molecule has 0 radical (unpaired) electrons. The second kappa shape index (κ2) is 5.75. The minimum absolute atomic E-state index is 0.124. The predicted octanol–water partition coefficient (Wildman–Crippen LogP) is 1.44. The minimum atomic E-state index is -0.895. The van der Waals surface area contributed by atoms with Crippen LogP contribution in [0.2, 0.25) is 0 Å². The van der Waals surface area contributed by atoms with E-state index in [2.05, 4.69) is 10.3 Å². The molecule has 2 N–H and O–H groups in total. The van der Waals surface area contributed by atoms with Crippen molar-refractivity contribution in [2.45, 2.75) is 25.5 Å². The molecule has 1 aromatic carbocycles. The maximum Gasteiger partial charge on any atom is 0.245 e. The van der Waals surface area contributed by atoms with Crippen LogP contribution in [-0.2, 0) is 4.79 Å². The molecule has 0 saturated carbocycles. The van der Waals surface area contributed by atoms with Crippen LogP contribution in [0.3, 0.4) is 0 Å². The van der Waals surface area contributed by atoms with Gasteiger partial charge in [0.1, 0.15) is 6.04 Å². The van der Waals surface area contributed by atoms with E-state index in [-0.39, 0.29) is 18.5 Å². The molecule has 1 unspecified atom stereocenters. The molecule has 0 bridgehead atoms. The fraction of sp³-hybridized carbons (Fsp3) is 0.429. The normalized spacial score (nSPS) is 19.1. The Labute approximate surface area is 117 Å². The zero-order chi connectivity index (χ0) is 13.9. The number of nitrogens with zero attached hydrogens (tertiary/aromatic N) is 1. The predicted molar refractivity (Wildman–Crippen MR) is 78.5 cm³/mol. The summed E-state index contributed by atoms with van der Waals surface area (Å²) in [6.45, 7) is 3.56. The smallest absolute Gasteiger partial charge is 0.245 e. The number of carbonyl (C=O) groups is 1. The van der Waals surface area contributed by atoms with Crippen molar-refractivity contribution < 1.29 is 9.90 Å². The Kier molecular flexibility index (Phi) is 4.27. The average molecular weight is 278 g/mol. The molecule has 0 aromatic heterocycles. The second-order valence-electron chi connectivity index (χ2n) is 5.16. The van der Waals surface area contributed by atoms with Gasteiger partial charge in [0.05, 0.1) is 10.6 Å². The number of amides is 1. The van der Waals surface area contributed by atoms with E-state index < -0.39 is 5.60 Å². The highest BCUT2D eigenvalue weighted by molar-refractivity contribution is 8.14. The summed E-state index contributed by atoms with van der Waals surface area (Å²) in [6.07, 6.45) is 0. The first-order valence-electron chi connectivity index (χ1n) is 6.22. The van der Waals surface area contributed by atoms with E-state index in [1.165, 1.54) is 0 Å². The molecule has 1 amide bonds. The van der Waals surface area contributed by atoms with E-state index in [0.29, 0.717) is 5.75 Å². The van der Waals surface area contributed by atoms with Gasteiger partial charge < -0.3 is 10.4 Å². The van der Waals surface area contributed by atoms with Crippen molar-refractivity contribution in [1.82, 2.24) is 5.32 Å². The lowest BCUT2D eigenvalue weighted by Crippen LogP contribution is -2.42. The van der Waals surface area contributed by atoms with Crippen LogP contribution in [0.25, 0.3) is 0 Å². The molecule has 0 fully saturated rings. The van der Waals surface area contributed by atoms with Crippen LogP contribution in [-0.4, -0.2) is 40.0 Å². The molecule has 2 rings (SSSR count). The van der Waals surface area contributed by atoms with Crippen molar-refractivity contribution in [3.63, 3.8) is 0 Å². The molecule has 1 aliphatic rings. The number of hydrogen-bond donors (Lipinski definition) is 2. The first-order valence-corrected chi connectivity index (χ1v) is 7.20. The largest absolute Gasteiger partial charge is 0.389 e. The molecular weight excluding hydrogens is 260 g/mol. The maximum absolute atomic E-state index is 11.9. The van der Waals surface area contributed by atoms with Gasteiger partial charge in [0, 0.05) is 17.9 Å². The van der Waals surface area contributed by atoms with Crippen molar-refractivity contribution in [3.05, 3.63) is 35.9 Å². The summed E-state index contributed by atoms with van der Waals surface area (Å²) in [6, 6.07) is 9.49. The third kappa shape index (κ3) is 4.08. The summed E-state index contributed by atoms with van der Waals surface area (Å²) in [5.74, 6) is 0.530. The number of rotatable bonds is 4. The lowest BCUT2D eigenvalue weighted by molar-refractivity contribution is -0.122. The van der Waals surface area contributed by atoms with Crippen LogP contribution >= 0.6 is 11.8 Å². The van der Waals surface area contributed by atoms with Crippen LogP contribution in [0.1, 0.15) is 19.4 Å². The van der Waals surface area contributed by atoms with E-state index in [9.17, 15) is 9.90 Å². The topological polar surface area (TPSA) is 61.7 Å². The van der Waals surface area contributed by atoms with Crippen LogP contribution < -0.4 is 5.32 Å². The van der Waals surface area contributed by atoms with Gasteiger partial charge in [0.2, 0.25) is 5.91 Å². The molecule has 1 atom stereocenters. The molecule has 0 spiro atoms. The number of aliphatic hydroxyl groups is 1. The van der Waals surface area contributed by atoms with Crippen LogP contribution in [0.5, 0.6) is 0 Å². The lowest BCUT2D eigenvalue weighted by Gasteiger charge is -2.18. The Hall–Kier alpha value is -1.33. The molecule has 102 valence electrons. The Balaban J connectivity index is 1.97. The number of carbonyl (C=O) groups excluding carboxylic acids is 1. The molecule has 19 heavy (non-hydrogen) atoms. The maximum atomic E-state index is 11.9. The fourth-order valence-electron chi connectivity index (χ4n) is 1.67. The standard InChI is InChI=1S/C14H18N2O2S/c1-14(2,18)9-15-12(17)11-8-19-13(16-11)10-6-4-3-5-7-10/h3-7,11,18H,8-9H2,1-2H3,(H,15,17). The van der Waals surface area contributed by atoms with Crippen molar-refractivity contribution in [1.29, 1.82) is 0 Å². The van der Waals surface area contributed by atoms with E-state index in [0.717, 1.165) is 10.6 Å². The highest BCUT2D eigenvalue weighted by Gasteiger charge is 2.26. The van der Waals surface area contributed by atoms with Gasteiger partial charge in [0.25, 0.3) is 0 Å². The molecule has 0 saturated heterocycles. The SMILES string of the molecule is CC(C)(O)CNC(=O)C1CSC(c2ccccc2)=N1. The van der Waals surface area contributed by atoms with Crippen molar-refractivity contribution >= 4 is 22.7 Å². The summed E-state index contributed by atoms with van der Waals surface area (Å²) >= 11 is 1.59. The highest BCUT2D eigenvalue weighted by atomic mass is 32.2. The van der Waals surface area contributed by atoms with Crippen molar-refractivity contribution in [2.75, 3.05) is 12.3 Å². The van der Waals surface area contributed by atoms with Gasteiger partial charge in [0.15, 0.2) is 0 Å². The minimum Gasteiger partial charge on any atom is -0.389 e. The van der Waals surface area contributed by atoms with Gasteiger partial charge in [-0.15, -0.1) is 11.8 Å². The van der Waals surface area contributed by atoms with Crippen LogP contribution in [0, 0.1) is 0 Å². The van der Waals surface area contributed by atoms with Gasteiger partial charge in [-0.3, -0.25) is 9.79 Å². The molecule has 4 nitrogen and oxygen atoms in total. The lowest BCUT2D eigenvalue weighted by atomic mass is 10.1. The molecule has 1 heterocycles. The third-order valence-electron chi connectivity index (χ3n) is 2.67. The monoisotopic (exact) mass is 278 g/mol. The van der Waals surface area contributed by atoms with Gasteiger partial charge in [-0.25, -0.2) is 0 Å². The summed E-state index contributed by atoms with van der Waals surface area (Å²) < 4.78 is 0. The highest BCUT2D eigenvalue weighted by Crippen LogP contribution is 2.23. The number of hydrogen-bond acceptors (Lipinski definition) is 4. The Morgan fingerprint density at radius 3 is 2.79 bits per heavy atom. The molecule has 1 aromatic rings. The summed E-state index contributed by atoms with van der Waals surface area (Å²) in [4.78, 5) is 16.4. The second-order valence-corrected chi connectivity index (χ2v) is 6.17. The summed E-state index contributed by atoms with van der Waals surface area (Å²) in [7, 11) is 0. The average Bonchev–Trinajstić information content (AvgIpc) is 2.86. The third-order valence-corrected chi connectivity index (χ3v) is 3.77. The quantitative estimate of drug-likeness (QED) is 0.876. The molecule has 0 aliphatic carbocycles. The fourth-order valence-corrected chi connectivity index (χ4v) is 2.71. The van der Waals surface area contributed by atoms with Gasteiger partial charge in [-0.05, 0) is 13.8 Å². The van der Waals surface area contributed by atoms with Crippen molar-refractivity contribution in [3.8, 4) is 0 Å². The number of benzene rings is 1. The van der Waals surface area contributed by atoms with E-state index >= 15 is 0 Å². The Bertz CT molecular complexity index is 480. The Morgan fingerprint density at radius 2 is 2.16 bits per heavy atom. The molecule has 5 heteroatoms. The first-order chi connectivity index (χ1) is 8.96. The van der Waals surface area contributed by atoms with E-state index in [1.54, 1.807) is 25.6 Å². The van der Waals surface area contributed by atoms with Crippen molar-refractivity contribution in [2.24, 2.45) is 4.99 Å². The van der Waals surface area contributed by atoms with Gasteiger partial charge in [-0.2, -0.15) is 0 Å². The van der Waals surface area contributed by atoms with E-state index in [1.807, 2.05) is 30.3 Å². The van der Waals surface area contributed by atoms with Gasteiger partial charge in [-0.1, -0.05) is 30.3 Å². The molecular formula is C14H18N2O2S. The molecule has 1 aliphatic heterocycles. The number of nitrogens with one attached hydrogen (secondary N) is 1. The van der Waals surface area contributed by atoms with E-state index in [4.69, 9.17) is 0 Å². The summed E-state index contributed by atoms with van der Waals surface area (Å²) in [5, 5.41) is 13.2. The zero-order valence-corrected chi connectivity index (χ0v) is 11.9. The number of aliphatic imine (C=N–C) groups is 1. The number of thioether (sulfide) groups is 1. The Morgan fingerprint density at radius 1 is 1.47 bits per heavy atom. The summed E-state index contributed by atoms with van der Waals surface area (Å²) in [5.41, 5.74) is 0.151. The van der Waals surface area contributed by atoms with Gasteiger partial charge >= 0.3 is 0 Å². The zero-order valence-electron chi connectivity index (χ0n) is 11.1. The van der Waals surface area contributed by atoms with Crippen LogP contribution in [0.4, 0.5) is 0 Å². The first kappa shape index (κ1) is 14.1.